The second-order valence-electron chi connectivity index (χ2n) is 5.95. The van der Waals surface area contributed by atoms with Gasteiger partial charge in [0.1, 0.15) is 5.82 Å². The molecule has 3 rings (SSSR count). The lowest BCUT2D eigenvalue weighted by atomic mass is 10.2. The van der Waals surface area contributed by atoms with Crippen LogP contribution in [0, 0.1) is 6.92 Å². The first-order chi connectivity index (χ1) is 10.8. The largest absolute Gasteiger partial charge is 0.367 e. The molecule has 1 fully saturated rings. The number of aromatic nitrogens is 2. The topological polar surface area (TPSA) is 41.1 Å². The van der Waals surface area contributed by atoms with Crippen LogP contribution in [0.25, 0.3) is 0 Å². The lowest BCUT2D eigenvalue weighted by Gasteiger charge is -2.22. The fourth-order valence-electron chi connectivity index (χ4n) is 3.07. The summed E-state index contributed by atoms with van der Waals surface area (Å²) >= 11 is 0. The van der Waals surface area contributed by atoms with Crippen molar-refractivity contribution >= 4 is 17.5 Å². The fourth-order valence-corrected chi connectivity index (χ4v) is 3.07. The van der Waals surface area contributed by atoms with Gasteiger partial charge in [-0.25, -0.2) is 4.98 Å². The van der Waals surface area contributed by atoms with Crippen molar-refractivity contribution in [2.45, 2.75) is 45.6 Å². The van der Waals surface area contributed by atoms with E-state index in [1.165, 1.54) is 31.2 Å². The second-order valence-corrected chi connectivity index (χ2v) is 5.95. The molecule has 4 heteroatoms. The minimum absolute atomic E-state index is 0.566. The molecule has 0 bridgehead atoms. The highest BCUT2D eigenvalue weighted by molar-refractivity contribution is 5.59. The van der Waals surface area contributed by atoms with Crippen LogP contribution in [0.4, 0.5) is 17.5 Å². The minimum atomic E-state index is 0.566. The summed E-state index contributed by atoms with van der Waals surface area (Å²) in [6.45, 7) is 5.08. The normalized spacial score (nSPS) is 15.0. The Hall–Kier alpha value is -2.10. The molecule has 1 aliphatic carbocycles. The summed E-state index contributed by atoms with van der Waals surface area (Å²) in [5, 5.41) is 3.55. The predicted octanol–water partition coefficient (Wildman–Crippen LogP) is 4.30. The Morgan fingerprint density at radius 1 is 1.23 bits per heavy atom. The van der Waals surface area contributed by atoms with Crippen LogP contribution in [-0.4, -0.2) is 22.6 Å². The quantitative estimate of drug-likeness (QED) is 0.893. The molecule has 2 aromatic rings. The van der Waals surface area contributed by atoms with Gasteiger partial charge in [0.2, 0.25) is 5.95 Å². The maximum Gasteiger partial charge on any atom is 0.231 e. The number of hydrogen-bond acceptors (Lipinski definition) is 4. The Morgan fingerprint density at radius 3 is 2.77 bits per heavy atom. The molecule has 22 heavy (non-hydrogen) atoms. The van der Waals surface area contributed by atoms with Gasteiger partial charge in [-0.15, -0.1) is 0 Å². The first-order valence-electron chi connectivity index (χ1n) is 8.20. The molecule has 1 saturated carbocycles. The van der Waals surface area contributed by atoms with Crippen LogP contribution in [0.2, 0.25) is 0 Å². The number of nitrogens with one attached hydrogen (secondary N) is 1. The molecular weight excluding hydrogens is 272 g/mol. The standard InChI is InChI=1S/C18H24N4/c1-3-22(16-10-6-7-14(2)13-16)18-19-12-11-17(21-18)20-15-8-4-5-9-15/h6-7,10-13,15H,3-5,8-9H2,1-2H3,(H,19,20,21). The van der Waals surface area contributed by atoms with E-state index in [4.69, 9.17) is 4.98 Å². The third-order valence-electron chi connectivity index (χ3n) is 4.22. The lowest BCUT2D eigenvalue weighted by molar-refractivity contribution is 0.749. The smallest absolute Gasteiger partial charge is 0.231 e. The van der Waals surface area contributed by atoms with Gasteiger partial charge in [-0.1, -0.05) is 25.0 Å². The van der Waals surface area contributed by atoms with Crippen molar-refractivity contribution < 1.29 is 0 Å². The van der Waals surface area contributed by atoms with Crippen LogP contribution in [-0.2, 0) is 0 Å². The van der Waals surface area contributed by atoms with Gasteiger partial charge in [-0.05, 0) is 50.5 Å². The monoisotopic (exact) mass is 296 g/mol. The van der Waals surface area contributed by atoms with Gasteiger partial charge in [-0.2, -0.15) is 4.98 Å². The van der Waals surface area contributed by atoms with Gasteiger partial charge < -0.3 is 10.2 Å². The molecule has 1 heterocycles. The van der Waals surface area contributed by atoms with Gasteiger partial charge in [0, 0.05) is 24.5 Å². The third-order valence-corrected chi connectivity index (χ3v) is 4.22. The molecule has 1 aromatic heterocycles. The Bertz CT molecular complexity index is 620. The maximum absolute atomic E-state index is 4.72. The Balaban J connectivity index is 1.82. The van der Waals surface area contributed by atoms with Crippen LogP contribution < -0.4 is 10.2 Å². The highest BCUT2D eigenvalue weighted by atomic mass is 15.3. The summed E-state index contributed by atoms with van der Waals surface area (Å²) in [4.78, 5) is 11.3. The van der Waals surface area contributed by atoms with Crippen molar-refractivity contribution in [3.05, 3.63) is 42.1 Å². The molecule has 4 nitrogen and oxygen atoms in total. The lowest BCUT2D eigenvalue weighted by Crippen LogP contribution is -2.21. The minimum Gasteiger partial charge on any atom is -0.367 e. The summed E-state index contributed by atoms with van der Waals surface area (Å²) in [7, 11) is 0. The number of nitrogens with zero attached hydrogens (tertiary/aromatic N) is 3. The maximum atomic E-state index is 4.72. The molecule has 0 spiro atoms. The van der Waals surface area contributed by atoms with E-state index in [-0.39, 0.29) is 0 Å². The summed E-state index contributed by atoms with van der Waals surface area (Å²) < 4.78 is 0. The van der Waals surface area contributed by atoms with E-state index in [1.807, 2.05) is 12.3 Å². The first-order valence-corrected chi connectivity index (χ1v) is 8.20. The number of rotatable bonds is 5. The van der Waals surface area contributed by atoms with Gasteiger partial charge in [0.15, 0.2) is 0 Å². The van der Waals surface area contributed by atoms with E-state index >= 15 is 0 Å². The van der Waals surface area contributed by atoms with Gasteiger partial charge in [-0.3, -0.25) is 0 Å². The molecule has 0 amide bonds. The van der Waals surface area contributed by atoms with Crippen LogP contribution in [0.3, 0.4) is 0 Å². The Kier molecular flexibility index (Phi) is 4.56. The molecule has 0 unspecified atom stereocenters. The molecule has 0 saturated heterocycles. The van der Waals surface area contributed by atoms with Crippen molar-refractivity contribution in [1.29, 1.82) is 0 Å². The summed E-state index contributed by atoms with van der Waals surface area (Å²) in [5.74, 6) is 1.69. The number of benzene rings is 1. The van der Waals surface area contributed by atoms with E-state index in [9.17, 15) is 0 Å². The van der Waals surface area contributed by atoms with Gasteiger partial charge in [0.05, 0.1) is 0 Å². The zero-order valence-corrected chi connectivity index (χ0v) is 13.4. The van der Waals surface area contributed by atoms with E-state index in [0.717, 1.165) is 24.0 Å². The number of hydrogen-bond donors (Lipinski definition) is 1. The molecule has 1 N–H and O–H groups in total. The average molecular weight is 296 g/mol. The fraction of sp³-hybridized carbons (Fsp3) is 0.444. The molecule has 1 aliphatic rings. The Labute approximate surface area is 132 Å². The average Bonchev–Trinajstić information content (AvgIpc) is 3.01. The molecule has 116 valence electrons. The van der Waals surface area contributed by atoms with Crippen molar-refractivity contribution in [3.8, 4) is 0 Å². The summed E-state index contributed by atoms with van der Waals surface area (Å²) in [5.41, 5.74) is 2.39. The van der Waals surface area contributed by atoms with Gasteiger partial charge >= 0.3 is 0 Å². The van der Waals surface area contributed by atoms with E-state index in [0.29, 0.717) is 6.04 Å². The van der Waals surface area contributed by atoms with Gasteiger partial charge in [0.25, 0.3) is 0 Å². The van der Waals surface area contributed by atoms with Crippen LogP contribution in [0.1, 0.15) is 38.2 Å². The molecule has 1 aromatic carbocycles. The van der Waals surface area contributed by atoms with E-state index < -0.39 is 0 Å². The third kappa shape index (κ3) is 3.38. The number of aryl methyl sites for hydroxylation is 1. The highest BCUT2D eigenvalue weighted by Crippen LogP contribution is 2.25. The van der Waals surface area contributed by atoms with Crippen molar-refractivity contribution in [2.24, 2.45) is 0 Å². The van der Waals surface area contributed by atoms with Crippen molar-refractivity contribution in [3.63, 3.8) is 0 Å². The first kappa shape index (κ1) is 14.8. The molecule has 0 aliphatic heterocycles. The Morgan fingerprint density at radius 2 is 2.05 bits per heavy atom. The van der Waals surface area contributed by atoms with Crippen molar-refractivity contribution in [2.75, 3.05) is 16.8 Å². The predicted molar refractivity (Wildman–Crippen MR) is 91.8 cm³/mol. The van der Waals surface area contributed by atoms with Crippen LogP contribution in [0.5, 0.6) is 0 Å². The zero-order valence-electron chi connectivity index (χ0n) is 13.4. The molecule has 0 radical (unpaired) electrons. The zero-order chi connectivity index (χ0) is 15.4. The van der Waals surface area contributed by atoms with Crippen LogP contribution >= 0.6 is 0 Å². The number of anilines is 3. The molecular formula is C18H24N4. The van der Waals surface area contributed by atoms with E-state index in [2.05, 4.69) is 53.3 Å². The van der Waals surface area contributed by atoms with Crippen LogP contribution in [0.15, 0.2) is 36.5 Å². The SMILES string of the molecule is CCN(c1cccc(C)c1)c1nccc(NC2CCCC2)n1. The van der Waals surface area contributed by atoms with Crippen molar-refractivity contribution in [1.82, 2.24) is 9.97 Å². The highest BCUT2D eigenvalue weighted by Gasteiger charge is 2.16. The second kappa shape index (κ2) is 6.77. The van der Waals surface area contributed by atoms with E-state index in [1.54, 1.807) is 0 Å². The molecule has 0 atom stereocenters. The summed E-state index contributed by atoms with van der Waals surface area (Å²) in [6.07, 6.45) is 6.97. The summed E-state index contributed by atoms with van der Waals surface area (Å²) in [6, 6.07) is 11.0.